The van der Waals surface area contributed by atoms with Crippen molar-refractivity contribution in [3.05, 3.63) is 32.7 Å². The maximum absolute atomic E-state index is 11.7. The molecule has 0 fully saturated rings. The van der Waals surface area contributed by atoms with E-state index in [1.807, 2.05) is 6.92 Å². The van der Waals surface area contributed by atoms with Crippen molar-refractivity contribution in [2.24, 2.45) is 5.73 Å². The van der Waals surface area contributed by atoms with Gasteiger partial charge in [-0.25, -0.2) is 0 Å². The van der Waals surface area contributed by atoms with Crippen LogP contribution in [0.1, 0.15) is 29.3 Å². The van der Waals surface area contributed by atoms with Crippen LogP contribution in [0.25, 0.3) is 0 Å². The molecule has 0 saturated heterocycles. The lowest BCUT2D eigenvalue weighted by molar-refractivity contribution is 0.266. The zero-order valence-corrected chi connectivity index (χ0v) is 11.2. The number of hydrogen-bond acceptors (Lipinski definition) is 3. The van der Waals surface area contributed by atoms with Gasteiger partial charge in [0.2, 0.25) is 0 Å². The summed E-state index contributed by atoms with van der Waals surface area (Å²) < 4.78 is 0. The summed E-state index contributed by atoms with van der Waals surface area (Å²) in [6.07, 6.45) is 0.945. The molecule has 0 bridgehead atoms. The third-order valence-electron chi connectivity index (χ3n) is 3.47. The highest BCUT2D eigenvalue weighted by Gasteiger charge is 2.21. The zero-order valence-electron chi connectivity index (χ0n) is 10.4. The number of aryl methyl sites for hydroxylation is 1. The van der Waals surface area contributed by atoms with Crippen LogP contribution in [0.5, 0.6) is 0 Å². The Morgan fingerprint density at radius 3 is 2.71 bits per heavy atom. The summed E-state index contributed by atoms with van der Waals surface area (Å²) >= 11 is 0. The first kappa shape index (κ1) is 14.2. The molecule has 0 aliphatic carbocycles. The predicted octanol–water partition coefficient (Wildman–Crippen LogP) is 0.942. The van der Waals surface area contributed by atoms with Crippen molar-refractivity contribution in [1.82, 2.24) is 9.88 Å². The van der Waals surface area contributed by atoms with Gasteiger partial charge in [-0.05, 0) is 31.0 Å². The maximum Gasteiger partial charge on any atom is 0.252 e. The lowest BCUT2D eigenvalue weighted by Crippen LogP contribution is -2.34. The number of rotatable bonds is 2. The molecule has 3 N–H and O–H groups in total. The van der Waals surface area contributed by atoms with Crippen LogP contribution in [-0.4, -0.2) is 23.0 Å². The van der Waals surface area contributed by atoms with E-state index in [4.69, 9.17) is 5.73 Å². The Bertz CT molecular complexity index is 456. The van der Waals surface area contributed by atoms with Crippen molar-refractivity contribution in [3.8, 4) is 0 Å². The second-order valence-corrected chi connectivity index (χ2v) is 4.34. The van der Waals surface area contributed by atoms with Gasteiger partial charge in [0.25, 0.3) is 5.56 Å². The van der Waals surface area contributed by atoms with E-state index in [1.165, 1.54) is 11.1 Å². The van der Waals surface area contributed by atoms with E-state index in [9.17, 15) is 4.79 Å². The Morgan fingerprint density at radius 1 is 1.41 bits per heavy atom. The van der Waals surface area contributed by atoms with E-state index in [-0.39, 0.29) is 18.0 Å². The van der Waals surface area contributed by atoms with Crippen LogP contribution in [0.4, 0.5) is 0 Å². The fourth-order valence-electron chi connectivity index (χ4n) is 2.44. The molecule has 1 aliphatic heterocycles. The van der Waals surface area contributed by atoms with Gasteiger partial charge in [-0.2, -0.15) is 0 Å². The first-order valence-electron chi connectivity index (χ1n) is 5.83. The van der Waals surface area contributed by atoms with Gasteiger partial charge in [-0.3, -0.25) is 9.69 Å². The number of pyridine rings is 1. The Kier molecular flexibility index (Phi) is 4.74. The van der Waals surface area contributed by atoms with Gasteiger partial charge in [-0.15, -0.1) is 12.4 Å². The summed E-state index contributed by atoms with van der Waals surface area (Å²) in [5, 5.41) is 0. The van der Waals surface area contributed by atoms with Gasteiger partial charge in [0.15, 0.2) is 0 Å². The van der Waals surface area contributed by atoms with Crippen LogP contribution in [0, 0.1) is 6.92 Å². The largest absolute Gasteiger partial charge is 0.326 e. The van der Waals surface area contributed by atoms with E-state index in [0.717, 1.165) is 37.3 Å². The fraction of sp³-hybridized carbons (Fsp3) is 0.583. The molecular formula is C12H20ClN3O. The molecule has 0 saturated carbocycles. The van der Waals surface area contributed by atoms with Gasteiger partial charge < -0.3 is 10.7 Å². The minimum atomic E-state index is -0.0105. The third kappa shape index (κ3) is 2.54. The monoisotopic (exact) mass is 257 g/mol. The van der Waals surface area contributed by atoms with Gasteiger partial charge in [-0.1, -0.05) is 6.92 Å². The molecule has 0 atom stereocenters. The number of fused-ring (bicyclic) bond motifs is 1. The smallest absolute Gasteiger partial charge is 0.252 e. The molecule has 1 aromatic heterocycles. The molecule has 2 heterocycles. The lowest BCUT2D eigenvalue weighted by Gasteiger charge is -2.29. The normalized spacial score (nSPS) is 15.2. The lowest BCUT2D eigenvalue weighted by atomic mass is 9.94. The number of nitrogens with one attached hydrogen (secondary N) is 1. The summed E-state index contributed by atoms with van der Waals surface area (Å²) in [7, 11) is 0. The minimum absolute atomic E-state index is 0. The molecule has 17 heavy (non-hydrogen) atoms. The van der Waals surface area contributed by atoms with Crippen molar-refractivity contribution >= 4 is 12.4 Å². The van der Waals surface area contributed by atoms with Crippen molar-refractivity contribution in [1.29, 1.82) is 0 Å². The molecule has 1 aromatic rings. The van der Waals surface area contributed by atoms with Crippen molar-refractivity contribution < 1.29 is 0 Å². The van der Waals surface area contributed by atoms with Crippen LogP contribution < -0.4 is 11.3 Å². The Balaban J connectivity index is 0.00000144. The van der Waals surface area contributed by atoms with E-state index in [2.05, 4.69) is 16.8 Å². The second kappa shape index (κ2) is 5.67. The summed E-state index contributed by atoms with van der Waals surface area (Å²) in [5.74, 6) is 0. The Labute approximate surface area is 108 Å². The van der Waals surface area contributed by atoms with Crippen LogP contribution in [-0.2, 0) is 19.5 Å². The van der Waals surface area contributed by atoms with Crippen LogP contribution in [0.15, 0.2) is 4.79 Å². The molecule has 0 aromatic carbocycles. The highest BCUT2D eigenvalue weighted by atomic mass is 35.5. The molecule has 5 heteroatoms. The summed E-state index contributed by atoms with van der Waals surface area (Å²) in [6, 6.07) is 0. The molecule has 0 amide bonds. The average molecular weight is 258 g/mol. The number of likely N-dealkylation sites (N-methyl/N-ethyl adjacent to an activating group) is 1. The molecule has 2 rings (SSSR count). The van der Waals surface area contributed by atoms with Crippen LogP contribution >= 0.6 is 12.4 Å². The summed E-state index contributed by atoms with van der Waals surface area (Å²) in [4.78, 5) is 17.0. The van der Waals surface area contributed by atoms with E-state index >= 15 is 0 Å². The quantitative estimate of drug-likeness (QED) is 0.829. The number of nitrogens with zero attached hydrogens (tertiary/aromatic N) is 1. The van der Waals surface area contributed by atoms with Gasteiger partial charge in [0.1, 0.15) is 0 Å². The average Bonchev–Trinajstić information content (AvgIpc) is 2.29. The van der Waals surface area contributed by atoms with Crippen molar-refractivity contribution in [3.63, 3.8) is 0 Å². The predicted molar refractivity (Wildman–Crippen MR) is 71.6 cm³/mol. The van der Waals surface area contributed by atoms with Crippen molar-refractivity contribution in [2.75, 3.05) is 13.1 Å². The van der Waals surface area contributed by atoms with Gasteiger partial charge in [0.05, 0.1) is 0 Å². The first-order chi connectivity index (χ1) is 7.67. The van der Waals surface area contributed by atoms with E-state index in [1.54, 1.807) is 0 Å². The topological polar surface area (TPSA) is 62.1 Å². The third-order valence-corrected chi connectivity index (χ3v) is 3.47. The SMILES string of the molecule is CCN1CCc2c(c(C)[nH]c(=O)c2CN)C1.Cl. The second-order valence-electron chi connectivity index (χ2n) is 4.34. The molecule has 4 nitrogen and oxygen atoms in total. The van der Waals surface area contributed by atoms with Gasteiger partial charge >= 0.3 is 0 Å². The minimum Gasteiger partial charge on any atom is -0.326 e. The number of aromatic nitrogens is 1. The Morgan fingerprint density at radius 2 is 2.12 bits per heavy atom. The number of hydrogen-bond donors (Lipinski definition) is 2. The molecule has 0 unspecified atom stereocenters. The van der Waals surface area contributed by atoms with Crippen LogP contribution in [0.3, 0.4) is 0 Å². The first-order valence-corrected chi connectivity index (χ1v) is 5.83. The highest BCUT2D eigenvalue weighted by molar-refractivity contribution is 5.85. The van der Waals surface area contributed by atoms with E-state index < -0.39 is 0 Å². The fourth-order valence-corrected chi connectivity index (χ4v) is 2.44. The number of nitrogens with two attached hydrogens (primary N) is 1. The maximum atomic E-state index is 11.7. The standard InChI is InChI=1S/C12H19N3O.ClH/c1-3-15-5-4-9-10(6-13)12(16)14-8(2)11(9)7-15;/h3-7,13H2,1-2H3,(H,14,16);1H. The van der Waals surface area contributed by atoms with Crippen LogP contribution in [0.2, 0.25) is 0 Å². The molecule has 1 aliphatic rings. The van der Waals surface area contributed by atoms with E-state index in [0.29, 0.717) is 6.54 Å². The molecule has 0 radical (unpaired) electrons. The summed E-state index contributed by atoms with van der Waals surface area (Å²) in [5.41, 5.74) is 9.88. The molecular weight excluding hydrogens is 238 g/mol. The summed E-state index contributed by atoms with van der Waals surface area (Å²) in [6.45, 7) is 7.48. The number of aromatic amines is 1. The highest BCUT2D eigenvalue weighted by Crippen LogP contribution is 2.21. The van der Waals surface area contributed by atoms with Gasteiger partial charge in [0, 0.05) is 30.9 Å². The number of H-pyrrole nitrogens is 1. The molecule has 0 spiro atoms. The number of halogens is 1. The Hall–Kier alpha value is -0.840. The zero-order chi connectivity index (χ0) is 11.7. The van der Waals surface area contributed by atoms with Crippen molar-refractivity contribution in [2.45, 2.75) is 33.4 Å². The molecule has 96 valence electrons.